The van der Waals surface area contributed by atoms with Crippen LogP contribution in [0, 0.1) is 10.1 Å². The van der Waals surface area contributed by atoms with E-state index < -0.39 is 27.7 Å². The van der Waals surface area contributed by atoms with Gasteiger partial charge in [-0.2, -0.15) is 0 Å². The fourth-order valence-electron chi connectivity index (χ4n) is 1.14. The molecular formula is C9H8ClNO5. The van der Waals surface area contributed by atoms with E-state index >= 15 is 0 Å². The summed E-state index contributed by atoms with van der Waals surface area (Å²) in [5.74, 6) is -1.66. The van der Waals surface area contributed by atoms with Gasteiger partial charge in [0.2, 0.25) is 0 Å². The molecule has 0 bridgehead atoms. The van der Waals surface area contributed by atoms with Gasteiger partial charge in [0, 0.05) is 6.07 Å². The number of aromatic hydroxyl groups is 1. The molecule has 0 unspecified atom stereocenters. The van der Waals surface area contributed by atoms with Crippen molar-refractivity contribution in [3.05, 3.63) is 33.9 Å². The maximum atomic E-state index is 10.5. The largest absolute Gasteiger partial charge is 0.502 e. The summed E-state index contributed by atoms with van der Waals surface area (Å²) >= 11 is 5.49. The maximum absolute atomic E-state index is 10.5. The van der Waals surface area contributed by atoms with E-state index in [-0.39, 0.29) is 6.42 Å². The average molecular weight is 246 g/mol. The van der Waals surface area contributed by atoms with Crippen LogP contribution in [-0.2, 0) is 11.2 Å². The molecule has 16 heavy (non-hydrogen) atoms. The molecule has 1 atom stereocenters. The molecule has 1 aromatic carbocycles. The number of aliphatic carboxylic acids is 1. The highest BCUT2D eigenvalue weighted by molar-refractivity contribution is 6.29. The average Bonchev–Trinajstić information content (AvgIpc) is 2.20. The quantitative estimate of drug-likeness (QED) is 0.476. The lowest BCUT2D eigenvalue weighted by Gasteiger charge is -2.04. The van der Waals surface area contributed by atoms with Gasteiger partial charge in [0.25, 0.3) is 0 Å². The summed E-state index contributed by atoms with van der Waals surface area (Å²) in [5.41, 5.74) is -0.0846. The van der Waals surface area contributed by atoms with Crippen LogP contribution >= 0.6 is 11.6 Å². The predicted molar refractivity (Wildman–Crippen MR) is 55.7 cm³/mol. The Morgan fingerprint density at radius 2 is 2.19 bits per heavy atom. The van der Waals surface area contributed by atoms with E-state index in [4.69, 9.17) is 21.8 Å². The Labute approximate surface area is 95.2 Å². The van der Waals surface area contributed by atoms with Gasteiger partial charge in [-0.3, -0.25) is 14.9 Å². The van der Waals surface area contributed by atoms with Crippen molar-refractivity contribution in [2.24, 2.45) is 0 Å². The lowest BCUT2D eigenvalue weighted by atomic mass is 10.1. The molecule has 1 rings (SSSR count). The first-order chi connectivity index (χ1) is 7.41. The number of phenolic OH excluding ortho intramolecular Hbond substituents is 1. The summed E-state index contributed by atoms with van der Waals surface area (Å²) in [4.78, 5) is 20.2. The zero-order chi connectivity index (χ0) is 12.3. The van der Waals surface area contributed by atoms with Gasteiger partial charge < -0.3 is 10.2 Å². The molecule has 0 saturated heterocycles. The van der Waals surface area contributed by atoms with Gasteiger partial charge in [-0.05, 0) is 18.1 Å². The van der Waals surface area contributed by atoms with E-state index in [9.17, 15) is 14.9 Å². The third kappa shape index (κ3) is 2.83. The van der Waals surface area contributed by atoms with Crippen molar-refractivity contribution in [3.8, 4) is 5.75 Å². The number of carboxylic acid groups (broad SMARTS) is 1. The second-order valence-corrected chi connectivity index (χ2v) is 3.62. The number of rotatable bonds is 4. The minimum absolute atomic E-state index is 0.0436. The number of nitro groups is 1. The van der Waals surface area contributed by atoms with E-state index in [0.717, 1.165) is 12.1 Å². The number of alkyl halides is 1. The third-order valence-corrected chi connectivity index (χ3v) is 2.26. The number of phenols is 1. The van der Waals surface area contributed by atoms with Crippen LogP contribution in [0.5, 0.6) is 5.75 Å². The maximum Gasteiger partial charge on any atom is 0.321 e. The van der Waals surface area contributed by atoms with Crippen molar-refractivity contribution in [1.29, 1.82) is 0 Å². The highest BCUT2D eigenvalue weighted by atomic mass is 35.5. The summed E-state index contributed by atoms with van der Waals surface area (Å²) in [7, 11) is 0. The van der Waals surface area contributed by atoms with E-state index in [1.807, 2.05) is 0 Å². The van der Waals surface area contributed by atoms with Crippen molar-refractivity contribution >= 4 is 23.3 Å². The highest BCUT2D eigenvalue weighted by Crippen LogP contribution is 2.27. The number of nitrogens with zero attached hydrogens (tertiary/aromatic N) is 1. The fraction of sp³-hybridized carbons (Fsp3) is 0.222. The van der Waals surface area contributed by atoms with E-state index in [1.54, 1.807) is 0 Å². The summed E-state index contributed by atoms with van der Waals surface area (Å²) in [5, 5.41) is 27.1. The van der Waals surface area contributed by atoms with Crippen molar-refractivity contribution in [1.82, 2.24) is 0 Å². The van der Waals surface area contributed by atoms with E-state index in [2.05, 4.69) is 0 Å². The van der Waals surface area contributed by atoms with Crippen LogP contribution in [0.3, 0.4) is 0 Å². The van der Waals surface area contributed by atoms with Gasteiger partial charge in [0.1, 0.15) is 5.38 Å². The van der Waals surface area contributed by atoms with Crippen molar-refractivity contribution in [3.63, 3.8) is 0 Å². The summed E-state index contributed by atoms with van der Waals surface area (Å²) in [6.07, 6.45) is -0.0436. The van der Waals surface area contributed by atoms with Crippen LogP contribution in [0.4, 0.5) is 5.69 Å². The molecule has 0 spiro atoms. The zero-order valence-corrected chi connectivity index (χ0v) is 8.72. The number of halogens is 1. The summed E-state index contributed by atoms with van der Waals surface area (Å²) in [6.45, 7) is 0. The molecule has 0 heterocycles. The van der Waals surface area contributed by atoms with Crippen LogP contribution in [0.1, 0.15) is 5.56 Å². The molecular weight excluding hydrogens is 238 g/mol. The van der Waals surface area contributed by atoms with Gasteiger partial charge >= 0.3 is 11.7 Å². The molecule has 2 N–H and O–H groups in total. The van der Waals surface area contributed by atoms with Crippen molar-refractivity contribution in [2.45, 2.75) is 11.8 Å². The van der Waals surface area contributed by atoms with E-state index in [1.165, 1.54) is 6.07 Å². The van der Waals surface area contributed by atoms with Crippen LogP contribution in [0.25, 0.3) is 0 Å². The molecule has 0 aliphatic carbocycles. The van der Waals surface area contributed by atoms with Gasteiger partial charge in [0.05, 0.1) is 4.92 Å². The minimum Gasteiger partial charge on any atom is -0.502 e. The Bertz CT molecular complexity index is 434. The predicted octanol–water partition coefficient (Wildman–Crippen LogP) is 1.53. The van der Waals surface area contributed by atoms with Gasteiger partial charge in [-0.15, -0.1) is 11.6 Å². The number of hydrogen-bond acceptors (Lipinski definition) is 4. The lowest BCUT2D eigenvalue weighted by Crippen LogP contribution is -2.15. The Morgan fingerprint density at radius 3 is 2.69 bits per heavy atom. The smallest absolute Gasteiger partial charge is 0.321 e. The SMILES string of the molecule is O=C(O)[C@H](Cl)Cc1ccc(O)c([N+](=O)[O-])c1. The first kappa shape index (κ1) is 12.3. The summed E-state index contributed by atoms with van der Waals surface area (Å²) in [6, 6.07) is 3.63. The number of carboxylic acids is 1. The molecule has 0 radical (unpaired) electrons. The number of benzene rings is 1. The van der Waals surface area contributed by atoms with Gasteiger partial charge in [-0.1, -0.05) is 6.07 Å². The normalized spacial score (nSPS) is 12.1. The molecule has 0 aliphatic rings. The monoisotopic (exact) mass is 245 g/mol. The molecule has 1 aromatic rings. The fourth-order valence-corrected chi connectivity index (χ4v) is 1.31. The zero-order valence-electron chi connectivity index (χ0n) is 7.96. The lowest BCUT2D eigenvalue weighted by molar-refractivity contribution is -0.385. The Kier molecular flexibility index (Phi) is 3.68. The first-order valence-electron chi connectivity index (χ1n) is 4.25. The molecule has 0 saturated carbocycles. The minimum atomic E-state index is -1.20. The van der Waals surface area contributed by atoms with Crippen LogP contribution < -0.4 is 0 Å². The molecule has 6 nitrogen and oxygen atoms in total. The van der Waals surface area contributed by atoms with Crippen LogP contribution in [0.2, 0.25) is 0 Å². The van der Waals surface area contributed by atoms with Crippen molar-refractivity contribution < 1.29 is 19.9 Å². The molecule has 0 aliphatic heterocycles. The van der Waals surface area contributed by atoms with E-state index in [0.29, 0.717) is 5.56 Å². The topological polar surface area (TPSA) is 101 Å². The van der Waals surface area contributed by atoms with Crippen LogP contribution in [0.15, 0.2) is 18.2 Å². The number of hydrogen-bond donors (Lipinski definition) is 2. The second-order valence-electron chi connectivity index (χ2n) is 3.09. The Balaban J connectivity index is 2.95. The number of nitro benzene ring substituents is 1. The third-order valence-electron chi connectivity index (χ3n) is 1.92. The van der Waals surface area contributed by atoms with Gasteiger partial charge in [-0.25, -0.2) is 0 Å². The standard InChI is InChI=1S/C9H8ClNO5/c10-6(9(13)14)3-5-1-2-8(12)7(4-5)11(15)16/h1-2,4,6,12H,3H2,(H,13,14)/t6-/m1/s1. The second kappa shape index (κ2) is 4.80. The first-order valence-corrected chi connectivity index (χ1v) is 4.68. The molecule has 0 fully saturated rings. The summed E-state index contributed by atoms with van der Waals surface area (Å²) < 4.78 is 0. The van der Waals surface area contributed by atoms with Gasteiger partial charge in [0.15, 0.2) is 5.75 Å². The molecule has 7 heteroatoms. The Hall–Kier alpha value is -1.82. The molecule has 86 valence electrons. The van der Waals surface area contributed by atoms with Crippen molar-refractivity contribution in [2.75, 3.05) is 0 Å². The molecule has 0 amide bonds. The Morgan fingerprint density at radius 1 is 1.56 bits per heavy atom. The highest BCUT2D eigenvalue weighted by Gasteiger charge is 2.18. The molecule has 0 aromatic heterocycles. The number of carbonyl (C=O) groups is 1. The van der Waals surface area contributed by atoms with Crippen LogP contribution in [-0.4, -0.2) is 26.5 Å².